The van der Waals surface area contributed by atoms with Gasteiger partial charge in [0.15, 0.2) is 0 Å². The van der Waals surface area contributed by atoms with Crippen molar-refractivity contribution in [1.82, 2.24) is 9.45 Å². The molecule has 8 heteroatoms. The molecule has 0 aliphatic carbocycles. The molecule has 0 fully saturated rings. The Morgan fingerprint density at radius 1 is 1.04 bits per heavy atom. The van der Waals surface area contributed by atoms with Crippen molar-refractivity contribution in [2.75, 3.05) is 7.11 Å². The van der Waals surface area contributed by atoms with Gasteiger partial charge in [0, 0.05) is 18.5 Å². The Hall–Kier alpha value is -3.36. The normalized spacial score (nSPS) is 11.5. The number of benzene rings is 2. The number of hydroxylamine groups is 1. The molecule has 3 rings (SSSR count). The molecule has 0 aliphatic rings. The number of carbonyl (C=O) groups excluding carboxylic acids is 1. The van der Waals surface area contributed by atoms with Crippen molar-refractivity contribution in [2.45, 2.75) is 4.90 Å². The van der Waals surface area contributed by atoms with Gasteiger partial charge < -0.3 is 4.74 Å². The second-order valence-electron chi connectivity index (χ2n) is 5.84. The molecule has 0 aliphatic heterocycles. The van der Waals surface area contributed by atoms with E-state index in [9.17, 15) is 13.2 Å². The molecule has 0 bridgehead atoms. The van der Waals surface area contributed by atoms with Crippen molar-refractivity contribution in [3.8, 4) is 16.9 Å². The number of methoxy groups -OCH3 is 1. The summed E-state index contributed by atoms with van der Waals surface area (Å²) in [5.74, 6) is 0.0432. The molecule has 7 nitrogen and oxygen atoms in total. The van der Waals surface area contributed by atoms with E-state index in [1.54, 1.807) is 37.4 Å². The second kappa shape index (κ2) is 8.12. The van der Waals surface area contributed by atoms with E-state index >= 15 is 0 Å². The molecule has 2 aromatic carbocycles. The first-order valence-corrected chi connectivity index (χ1v) is 9.68. The van der Waals surface area contributed by atoms with E-state index in [1.807, 2.05) is 24.3 Å². The second-order valence-corrected chi connectivity index (χ2v) is 7.69. The van der Waals surface area contributed by atoms with Gasteiger partial charge in [-0.3, -0.25) is 10.0 Å². The molecule has 1 amide bonds. The smallest absolute Gasteiger partial charge is 0.267 e. The summed E-state index contributed by atoms with van der Waals surface area (Å²) in [4.78, 5) is 11.2. The zero-order valence-corrected chi connectivity index (χ0v) is 15.8. The van der Waals surface area contributed by atoms with Crippen molar-refractivity contribution >= 4 is 22.0 Å². The van der Waals surface area contributed by atoms with E-state index in [0.717, 1.165) is 26.9 Å². The van der Waals surface area contributed by atoms with E-state index in [0.29, 0.717) is 5.56 Å². The first-order chi connectivity index (χ1) is 13.4. The number of nitrogens with one attached hydrogen (secondary N) is 1. The number of ether oxygens (including phenoxy) is 1. The predicted molar refractivity (Wildman–Crippen MR) is 104 cm³/mol. The topological polar surface area (TPSA) is 97.6 Å². The van der Waals surface area contributed by atoms with Gasteiger partial charge in [0.05, 0.1) is 12.0 Å². The van der Waals surface area contributed by atoms with Crippen molar-refractivity contribution < 1.29 is 23.2 Å². The molecule has 0 atom stereocenters. The van der Waals surface area contributed by atoms with Gasteiger partial charge in [-0.15, -0.1) is 0 Å². The van der Waals surface area contributed by atoms with Gasteiger partial charge in [0.1, 0.15) is 5.75 Å². The lowest BCUT2D eigenvalue weighted by molar-refractivity contribution is -0.124. The first kappa shape index (κ1) is 19.4. The molecule has 0 saturated carbocycles. The molecule has 144 valence electrons. The fourth-order valence-corrected chi connectivity index (χ4v) is 3.78. The summed E-state index contributed by atoms with van der Waals surface area (Å²) in [6.45, 7) is 0. The summed E-state index contributed by atoms with van der Waals surface area (Å²) in [6.07, 6.45) is 5.26. The summed E-state index contributed by atoms with van der Waals surface area (Å²) in [5.41, 5.74) is 3.79. The molecule has 3 aromatic rings. The summed E-state index contributed by atoms with van der Waals surface area (Å²) in [5, 5.41) is 8.47. The number of rotatable bonds is 6. The molecular formula is C20H18N2O5S. The monoisotopic (exact) mass is 398 g/mol. The molecule has 28 heavy (non-hydrogen) atoms. The van der Waals surface area contributed by atoms with Crippen molar-refractivity contribution in [3.05, 3.63) is 78.6 Å². The first-order valence-electron chi connectivity index (χ1n) is 8.24. The zero-order chi connectivity index (χ0) is 20.1. The molecule has 0 spiro atoms. The Labute approximate surface area is 162 Å². The largest absolute Gasteiger partial charge is 0.497 e. The standard InChI is InChI=1S/C20H18N2O5S/c1-27-18-7-3-16(4-8-18)17-5-9-19(10-6-17)28(25,26)22-13-12-15(14-22)2-11-20(23)21-24/h2-14,24H,1H3,(H,21,23). The van der Waals surface area contributed by atoms with Crippen LogP contribution < -0.4 is 10.2 Å². The van der Waals surface area contributed by atoms with E-state index in [1.165, 1.54) is 23.9 Å². The quantitative estimate of drug-likeness (QED) is 0.378. The third kappa shape index (κ3) is 4.13. The van der Waals surface area contributed by atoms with Crippen molar-refractivity contribution in [1.29, 1.82) is 0 Å². The highest BCUT2D eigenvalue weighted by atomic mass is 32.2. The van der Waals surface area contributed by atoms with Gasteiger partial charge in [0.2, 0.25) is 0 Å². The van der Waals surface area contributed by atoms with Crippen LogP contribution in [0.25, 0.3) is 17.2 Å². The maximum atomic E-state index is 12.8. The Bertz CT molecular complexity index is 1100. The van der Waals surface area contributed by atoms with Crippen LogP contribution in [0.4, 0.5) is 0 Å². The fourth-order valence-electron chi connectivity index (χ4n) is 2.57. The SMILES string of the molecule is COc1ccc(-c2ccc(S(=O)(=O)n3ccc(C=CC(=O)NO)c3)cc2)cc1. The highest BCUT2D eigenvalue weighted by molar-refractivity contribution is 7.90. The van der Waals surface area contributed by atoms with Crippen molar-refractivity contribution in [2.24, 2.45) is 0 Å². The predicted octanol–water partition coefficient (Wildman–Crippen LogP) is 2.92. The number of hydrogen-bond acceptors (Lipinski definition) is 5. The van der Waals surface area contributed by atoms with E-state index in [-0.39, 0.29) is 4.90 Å². The number of amides is 1. The number of aromatic nitrogens is 1. The third-order valence-electron chi connectivity index (χ3n) is 4.08. The van der Waals surface area contributed by atoms with Crippen LogP contribution in [0.5, 0.6) is 5.75 Å². The Morgan fingerprint density at radius 3 is 2.21 bits per heavy atom. The maximum Gasteiger partial charge on any atom is 0.267 e. The Balaban J connectivity index is 1.83. The molecule has 1 aromatic heterocycles. The van der Waals surface area contributed by atoms with Gasteiger partial charge in [-0.1, -0.05) is 24.3 Å². The summed E-state index contributed by atoms with van der Waals surface area (Å²) in [6, 6.07) is 15.6. The van der Waals surface area contributed by atoms with Crippen LogP contribution in [-0.4, -0.2) is 30.6 Å². The average molecular weight is 398 g/mol. The molecule has 1 heterocycles. The Kier molecular flexibility index (Phi) is 5.62. The lowest BCUT2D eigenvalue weighted by Gasteiger charge is -2.08. The maximum absolute atomic E-state index is 12.8. The molecule has 2 N–H and O–H groups in total. The zero-order valence-electron chi connectivity index (χ0n) is 14.9. The third-order valence-corrected chi connectivity index (χ3v) is 5.73. The van der Waals surface area contributed by atoms with Crippen LogP contribution in [0.1, 0.15) is 5.56 Å². The number of hydrogen-bond donors (Lipinski definition) is 2. The minimum absolute atomic E-state index is 0.143. The van der Waals surface area contributed by atoms with Gasteiger partial charge in [-0.25, -0.2) is 17.9 Å². The summed E-state index contributed by atoms with van der Waals surface area (Å²) in [7, 11) is -2.16. The van der Waals surface area contributed by atoms with Crippen LogP contribution in [0.15, 0.2) is 78.0 Å². The van der Waals surface area contributed by atoms with Gasteiger partial charge in [0.25, 0.3) is 15.9 Å². The van der Waals surface area contributed by atoms with Crippen LogP contribution >= 0.6 is 0 Å². The van der Waals surface area contributed by atoms with Crippen LogP contribution in [-0.2, 0) is 14.8 Å². The summed E-state index contributed by atoms with van der Waals surface area (Å²) >= 11 is 0. The highest BCUT2D eigenvalue weighted by Gasteiger charge is 2.16. The lowest BCUT2D eigenvalue weighted by Crippen LogP contribution is -2.14. The van der Waals surface area contributed by atoms with E-state index in [4.69, 9.17) is 9.94 Å². The molecule has 0 radical (unpaired) electrons. The molecule has 0 saturated heterocycles. The van der Waals surface area contributed by atoms with Gasteiger partial charge in [-0.05, 0) is 53.1 Å². The minimum atomic E-state index is -3.76. The summed E-state index contributed by atoms with van der Waals surface area (Å²) < 4.78 is 31.8. The molecule has 0 unspecified atom stereocenters. The van der Waals surface area contributed by atoms with Crippen LogP contribution in [0.3, 0.4) is 0 Å². The van der Waals surface area contributed by atoms with Gasteiger partial charge in [-0.2, -0.15) is 0 Å². The fraction of sp³-hybridized carbons (Fsp3) is 0.0500. The average Bonchev–Trinajstić information content (AvgIpc) is 3.22. The van der Waals surface area contributed by atoms with E-state index < -0.39 is 15.9 Å². The lowest BCUT2D eigenvalue weighted by atomic mass is 10.1. The van der Waals surface area contributed by atoms with Gasteiger partial charge >= 0.3 is 0 Å². The van der Waals surface area contributed by atoms with Crippen molar-refractivity contribution in [3.63, 3.8) is 0 Å². The Morgan fingerprint density at radius 2 is 1.64 bits per heavy atom. The number of carbonyl (C=O) groups is 1. The molecular weight excluding hydrogens is 380 g/mol. The minimum Gasteiger partial charge on any atom is -0.497 e. The van der Waals surface area contributed by atoms with Crippen LogP contribution in [0.2, 0.25) is 0 Å². The van der Waals surface area contributed by atoms with Crippen LogP contribution in [0, 0.1) is 0 Å². The number of nitrogens with zero attached hydrogens (tertiary/aromatic N) is 1. The van der Waals surface area contributed by atoms with E-state index in [2.05, 4.69) is 0 Å². The highest BCUT2D eigenvalue weighted by Crippen LogP contribution is 2.24.